The monoisotopic (exact) mass is 255 g/mol. The predicted octanol–water partition coefficient (Wildman–Crippen LogP) is 3.93. The van der Waals surface area contributed by atoms with Gasteiger partial charge in [0.2, 0.25) is 0 Å². The number of hydrogen-bond acceptors (Lipinski definition) is 2. The molecule has 2 nitrogen and oxygen atoms in total. The van der Waals surface area contributed by atoms with Crippen LogP contribution in [0.2, 0.25) is 5.02 Å². The Kier molecular flexibility index (Phi) is 5.96. The fourth-order valence-electron chi connectivity index (χ4n) is 1.64. The summed E-state index contributed by atoms with van der Waals surface area (Å²) in [6.45, 7) is 6.26. The molecule has 0 aliphatic carbocycles. The number of hydrogen-bond donors (Lipinski definition) is 1. The van der Waals surface area contributed by atoms with Crippen molar-refractivity contribution in [1.82, 2.24) is 0 Å². The molecule has 17 heavy (non-hydrogen) atoms. The van der Waals surface area contributed by atoms with E-state index in [-0.39, 0.29) is 18.2 Å². The Morgan fingerprint density at radius 1 is 1.18 bits per heavy atom. The van der Waals surface area contributed by atoms with Crippen molar-refractivity contribution in [3.8, 4) is 0 Å². The highest BCUT2D eigenvalue weighted by molar-refractivity contribution is 6.30. The van der Waals surface area contributed by atoms with Gasteiger partial charge in [0.1, 0.15) is 0 Å². The number of ether oxygens (including phenoxy) is 1. The average molecular weight is 256 g/mol. The van der Waals surface area contributed by atoms with Crippen molar-refractivity contribution >= 4 is 11.6 Å². The molecule has 2 N–H and O–H groups in total. The summed E-state index contributed by atoms with van der Waals surface area (Å²) in [6, 6.07) is 7.76. The van der Waals surface area contributed by atoms with E-state index in [0.717, 1.165) is 23.4 Å². The molecule has 3 heteroatoms. The lowest BCUT2D eigenvalue weighted by Gasteiger charge is -2.27. The molecule has 0 aliphatic heterocycles. The van der Waals surface area contributed by atoms with E-state index < -0.39 is 0 Å². The SMILES string of the molecule is CCC(C)OC(c1ccc(Cl)cc1)C(N)CC. The second-order valence-electron chi connectivity index (χ2n) is 4.40. The van der Waals surface area contributed by atoms with Crippen LogP contribution in [0.15, 0.2) is 24.3 Å². The first-order valence-corrected chi connectivity index (χ1v) is 6.62. The Labute approximate surface area is 109 Å². The lowest BCUT2D eigenvalue weighted by molar-refractivity contribution is -0.0197. The van der Waals surface area contributed by atoms with Crippen molar-refractivity contribution < 1.29 is 4.74 Å². The maximum Gasteiger partial charge on any atom is 0.0979 e. The molecule has 0 saturated heterocycles. The normalized spacial score (nSPS) is 16.5. The largest absolute Gasteiger partial charge is 0.369 e. The minimum Gasteiger partial charge on any atom is -0.369 e. The lowest BCUT2D eigenvalue weighted by atomic mass is 10.0. The Balaban J connectivity index is 2.85. The summed E-state index contributed by atoms with van der Waals surface area (Å²) in [5, 5.41) is 0.737. The zero-order valence-corrected chi connectivity index (χ0v) is 11.6. The molecule has 3 unspecified atom stereocenters. The minimum absolute atomic E-state index is 0.0187. The van der Waals surface area contributed by atoms with Crippen LogP contribution in [0, 0.1) is 0 Å². The van der Waals surface area contributed by atoms with Crippen molar-refractivity contribution in [2.45, 2.75) is 51.9 Å². The van der Waals surface area contributed by atoms with Crippen LogP contribution in [-0.2, 0) is 4.74 Å². The molecular formula is C14H22ClNO. The molecule has 1 rings (SSSR count). The summed E-state index contributed by atoms with van der Waals surface area (Å²) in [7, 11) is 0. The van der Waals surface area contributed by atoms with Crippen LogP contribution < -0.4 is 5.73 Å². The maximum atomic E-state index is 6.13. The zero-order chi connectivity index (χ0) is 12.8. The van der Waals surface area contributed by atoms with E-state index in [1.807, 2.05) is 24.3 Å². The highest BCUT2D eigenvalue weighted by Crippen LogP contribution is 2.25. The molecule has 3 atom stereocenters. The molecule has 0 heterocycles. The molecule has 0 fully saturated rings. The Bertz CT molecular complexity index is 325. The van der Waals surface area contributed by atoms with Gasteiger partial charge < -0.3 is 10.5 Å². The van der Waals surface area contributed by atoms with Crippen LogP contribution in [0.3, 0.4) is 0 Å². The highest BCUT2D eigenvalue weighted by Gasteiger charge is 2.21. The molecule has 0 radical (unpaired) electrons. The van der Waals surface area contributed by atoms with Crippen LogP contribution in [0.4, 0.5) is 0 Å². The molecule has 0 aromatic heterocycles. The van der Waals surface area contributed by atoms with E-state index >= 15 is 0 Å². The Morgan fingerprint density at radius 3 is 2.24 bits per heavy atom. The van der Waals surface area contributed by atoms with Gasteiger partial charge in [0.05, 0.1) is 12.2 Å². The van der Waals surface area contributed by atoms with Crippen molar-refractivity contribution in [1.29, 1.82) is 0 Å². The quantitative estimate of drug-likeness (QED) is 0.836. The molecule has 0 bridgehead atoms. The lowest BCUT2D eigenvalue weighted by Crippen LogP contribution is -2.31. The van der Waals surface area contributed by atoms with Crippen LogP contribution >= 0.6 is 11.6 Å². The van der Waals surface area contributed by atoms with Gasteiger partial charge in [0, 0.05) is 11.1 Å². The smallest absolute Gasteiger partial charge is 0.0979 e. The fraction of sp³-hybridized carbons (Fsp3) is 0.571. The summed E-state index contributed by atoms with van der Waals surface area (Å²) in [5.74, 6) is 0. The van der Waals surface area contributed by atoms with E-state index in [1.165, 1.54) is 0 Å². The van der Waals surface area contributed by atoms with Crippen molar-refractivity contribution in [2.24, 2.45) is 5.73 Å². The molecule has 0 spiro atoms. The fourth-order valence-corrected chi connectivity index (χ4v) is 1.77. The van der Waals surface area contributed by atoms with Crippen LogP contribution in [0.5, 0.6) is 0 Å². The topological polar surface area (TPSA) is 35.2 Å². The van der Waals surface area contributed by atoms with Gasteiger partial charge >= 0.3 is 0 Å². The Hall–Kier alpha value is -0.570. The van der Waals surface area contributed by atoms with Crippen LogP contribution in [0.25, 0.3) is 0 Å². The zero-order valence-electron chi connectivity index (χ0n) is 10.8. The molecule has 1 aromatic rings. The van der Waals surface area contributed by atoms with Gasteiger partial charge in [-0.25, -0.2) is 0 Å². The summed E-state index contributed by atoms with van der Waals surface area (Å²) in [5.41, 5.74) is 7.23. The number of halogens is 1. The third-order valence-corrected chi connectivity index (χ3v) is 3.26. The molecule has 0 aliphatic rings. The summed E-state index contributed by atoms with van der Waals surface area (Å²) < 4.78 is 6.01. The van der Waals surface area contributed by atoms with Crippen molar-refractivity contribution in [2.75, 3.05) is 0 Å². The van der Waals surface area contributed by atoms with E-state index in [1.54, 1.807) is 0 Å². The molecular weight excluding hydrogens is 234 g/mol. The number of benzene rings is 1. The average Bonchev–Trinajstić information content (AvgIpc) is 2.36. The highest BCUT2D eigenvalue weighted by atomic mass is 35.5. The van der Waals surface area contributed by atoms with Crippen LogP contribution in [-0.4, -0.2) is 12.1 Å². The van der Waals surface area contributed by atoms with E-state index in [0.29, 0.717) is 0 Å². The summed E-state index contributed by atoms with van der Waals surface area (Å²) in [4.78, 5) is 0. The van der Waals surface area contributed by atoms with Gasteiger partial charge in [-0.2, -0.15) is 0 Å². The first-order valence-electron chi connectivity index (χ1n) is 6.25. The first-order chi connectivity index (χ1) is 8.08. The number of nitrogens with two attached hydrogens (primary N) is 1. The summed E-state index contributed by atoms with van der Waals surface area (Å²) in [6.07, 6.45) is 2.05. The van der Waals surface area contributed by atoms with E-state index in [9.17, 15) is 0 Å². The predicted molar refractivity (Wildman–Crippen MR) is 73.3 cm³/mol. The second-order valence-corrected chi connectivity index (χ2v) is 4.84. The van der Waals surface area contributed by atoms with E-state index in [4.69, 9.17) is 22.1 Å². The standard InChI is InChI=1S/C14H22ClNO/c1-4-10(3)17-14(13(16)5-2)11-6-8-12(15)9-7-11/h6-10,13-14H,4-5,16H2,1-3H3. The maximum absolute atomic E-state index is 6.13. The molecule has 1 aromatic carbocycles. The second kappa shape index (κ2) is 7.00. The summed E-state index contributed by atoms with van der Waals surface area (Å²) >= 11 is 5.89. The Morgan fingerprint density at radius 2 is 1.76 bits per heavy atom. The van der Waals surface area contributed by atoms with Gasteiger partial charge in [-0.05, 0) is 37.5 Å². The van der Waals surface area contributed by atoms with Crippen LogP contribution in [0.1, 0.15) is 45.3 Å². The van der Waals surface area contributed by atoms with Gasteiger partial charge in [-0.15, -0.1) is 0 Å². The third kappa shape index (κ3) is 4.30. The first kappa shape index (κ1) is 14.5. The van der Waals surface area contributed by atoms with Gasteiger partial charge in [-0.1, -0.05) is 37.6 Å². The molecule has 0 saturated carbocycles. The van der Waals surface area contributed by atoms with Crippen molar-refractivity contribution in [3.63, 3.8) is 0 Å². The van der Waals surface area contributed by atoms with Gasteiger partial charge in [0.15, 0.2) is 0 Å². The van der Waals surface area contributed by atoms with Gasteiger partial charge in [-0.3, -0.25) is 0 Å². The number of rotatable bonds is 6. The molecule has 0 amide bonds. The van der Waals surface area contributed by atoms with Crippen molar-refractivity contribution in [3.05, 3.63) is 34.9 Å². The van der Waals surface area contributed by atoms with E-state index in [2.05, 4.69) is 20.8 Å². The van der Waals surface area contributed by atoms with Gasteiger partial charge in [0.25, 0.3) is 0 Å². The third-order valence-electron chi connectivity index (χ3n) is 3.01. The minimum atomic E-state index is -0.0489. The molecule has 96 valence electrons.